The molecule has 180 valence electrons. The second-order valence-corrected chi connectivity index (χ2v) is 9.88. The van der Waals surface area contributed by atoms with Gasteiger partial charge in [0, 0.05) is 18.9 Å². The van der Waals surface area contributed by atoms with Gasteiger partial charge in [0.1, 0.15) is 6.61 Å². The number of alkyl carbamates (subject to hydrolysis) is 1. The minimum Gasteiger partial charge on any atom is -0.481 e. The lowest BCUT2D eigenvalue weighted by atomic mass is 9.97. The number of carbonyl (C=O) groups excluding carboxylic acids is 2. The molecule has 0 aromatic heterocycles. The van der Waals surface area contributed by atoms with Crippen LogP contribution in [-0.4, -0.2) is 41.8 Å². The molecule has 2 aromatic carbocycles. The van der Waals surface area contributed by atoms with Gasteiger partial charge in [-0.2, -0.15) is 0 Å². The molecular weight excluding hydrogens is 432 g/mol. The molecule has 0 radical (unpaired) electrons. The summed E-state index contributed by atoms with van der Waals surface area (Å²) in [7, 11) is 0. The van der Waals surface area contributed by atoms with E-state index >= 15 is 0 Å². The van der Waals surface area contributed by atoms with Crippen LogP contribution in [-0.2, 0) is 14.3 Å². The fraction of sp³-hybridized carbons (Fsp3) is 0.444. The highest BCUT2D eigenvalue weighted by atomic mass is 16.5. The van der Waals surface area contributed by atoms with Crippen LogP contribution in [0.3, 0.4) is 0 Å². The summed E-state index contributed by atoms with van der Waals surface area (Å²) < 4.78 is 5.61. The Labute approximate surface area is 199 Å². The van der Waals surface area contributed by atoms with E-state index in [9.17, 15) is 19.5 Å². The van der Waals surface area contributed by atoms with Gasteiger partial charge in [0.05, 0.1) is 11.5 Å². The number of amides is 2. The van der Waals surface area contributed by atoms with Crippen molar-refractivity contribution in [1.82, 2.24) is 10.6 Å². The van der Waals surface area contributed by atoms with Gasteiger partial charge in [-0.3, -0.25) is 9.59 Å². The highest BCUT2D eigenvalue weighted by molar-refractivity contribution is 5.81. The van der Waals surface area contributed by atoms with Crippen LogP contribution in [0, 0.1) is 11.8 Å². The van der Waals surface area contributed by atoms with Crippen molar-refractivity contribution in [3.05, 3.63) is 59.7 Å². The molecule has 0 aliphatic heterocycles. The molecule has 7 nitrogen and oxygen atoms in total. The average molecular weight is 465 g/mol. The lowest BCUT2D eigenvalue weighted by molar-refractivity contribution is -0.142. The van der Waals surface area contributed by atoms with Gasteiger partial charge in [0.2, 0.25) is 5.91 Å². The Balaban J connectivity index is 1.29. The molecule has 3 N–H and O–H groups in total. The van der Waals surface area contributed by atoms with Crippen molar-refractivity contribution in [2.75, 3.05) is 13.2 Å². The summed E-state index contributed by atoms with van der Waals surface area (Å²) in [4.78, 5) is 36.4. The fourth-order valence-corrected chi connectivity index (χ4v) is 4.80. The number of carboxylic acid groups (broad SMARTS) is 1. The number of aliphatic carboxylic acids is 1. The number of hydrogen-bond acceptors (Lipinski definition) is 4. The highest BCUT2D eigenvalue weighted by Crippen LogP contribution is 2.44. The molecule has 1 saturated carbocycles. The average Bonchev–Trinajstić information content (AvgIpc) is 3.46. The summed E-state index contributed by atoms with van der Waals surface area (Å²) in [6.07, 6.45) is 1.47. The van der Waals surface area contributed by atoms with E-state index in [0.717, 1.165) is 11.1 Å². The van der Waals surface area contributed by atoms with Crippen molar-refractivity contribution in [3.8, 4) is 11.1 Å². The Morgan fingerprint density at radius 3 is 2.15 bits per heavy atom. The molecule has 7 heteroatoms. The minimum atomic E-state index is -0.910. The van der Waals surface area contributed by atoms with Crippen LogP contribution in [0.1, 0.15) is 56.6 Å². The van der Waals surface area contributed by atoms with Gasteiger partial charge in [-0.05, 0) is 47.4 Å². The third-order valence-electron chi connectivity index (χ3n) is 6.71. The number of nitrogens with one attached hydrogen (secondary N) is 2. The van der Waals surface area contributed by atoms with E-state index in [1.807, 2.05) is 38.1 Å². The van der Waals surface area contributed by atoms with Crippen LogP contribution in [0.5, 0.6) is 0 Å². The third kappa shape index (κ3) is 5.41. The first-order valence-corrected chi connectivity index (χ1v) is 11.9. The van der Waals surface area contributed by atoms with E-state index in [2.05, 4.69) is 34.9 Å². The molecule has 0 saturated heterocycles. The van der Waals surface area contributed by atoms with Gasteiger partial charge >= 0.3 is 12.1 Å². The molecule has 1 fully saturated rings. The molecule has 0 heterocycles. The first-order valence-electron chi connectivity index (χ1n) is 11.9. The summed E-state index contributed by atoms with van der Waals surface area (Å²) >= 11 is 0. The minimum absolute atomic E-state index is 0.0227. The molecule has 1 unspecified atom stereocenters. The largest absolute Gasteiger partial charge is 0.481 e. The Hall–Kier alpha value is -3.35. The summed E-state index contributed by atoms with van der Waals surface area (Å²) in [6, 6.07) is 16.3. The lowest BCUT2D eigenvalue weighted by Crippen LogP contribution is -2.43. The number of benzene rings is 2. The maximum atomic E-state index is 12.6. The second kappa shape index (κ2) is 9.87. The van der Waals surface area contributed by atoms with Crippen molar-refractivity contribution in [3.63, 3.8) is 0 Å². The van der Waals surface area contributed by atoms with Crippen LogP contribution < -0.4 is 10.6 Å². The third-order valence-corrected chi connectivity index (χ3v) is 6.71. The van der Waals surface area contributed by atoms with E-state index < -0.39 is 23.5 Å². The maximum Gasteiger partial charge on any atom is 0.407 e. The number of ether oxygens (including phenoxy) is 1. The zero-order valence-corrected chi connectivity index (χ0v) is 19.7. The molecule has 2 aliphatic carbocycles. The maximum absolute atomic E-state index is 12.6. The van der Waals surface area contributed by atoms with Gasteiger partial charge < -0.3 is 20.5 Å². The van der Waals surface area contributed by atoms with Crippen molar-refractivity contribution in [1.29, 1.82) is 0 Å². The number of rotatable bonds is 10. The first-order chi connectivity index (χ1) is 16.3. The van der Waals surface area contributed by atoms with Crippen molar-refractivity contribution >= 4 is 18.0 Å². The van der Waals surface area contributed by atoms with Gasteiger partial charge in [-0.1, -0.05) is 62.4 Å². The monoisotopic (exact) mass is 464 g/mol. The van der Waals surface area contributed by atoms with E-state index in [4.69, 9.17) is 4.74 Å². The highest BCUT2D eigenvalue weighted by Gasteiger charge is 2.46. The second-order valence-electron chi connectivity index (χ2n) is 9.88. The van der Waals surface area contributed by atoms with Crippen molar-refractivity contribution in [2.45, 2.75) is 51.0 Å². The zero-order chi connectivity index (χ0) is 24.3. The summed E-state index contributed by atoms with van der Waals surface area (Å²) in [5, 5.41) is 14.9. The molecule has 2 amide bonds. The van der Waals surface area contributed by atoms with Crippen LogP contribution in [0.4, 0.5) is 4.79 Å². The number of carboxylic acids is 1. The van der Waals surface area contributed by atoms with E-state index in [1.54, 1.807) is 0 Å². The van der Waals surface area contributed by atoms with Gasteiger partial charge in [-0.15, -0.1) is 0 Å². The topological polar surface area (TPSA) is 105 Å². The molecule has 1 atom stereocenters. The molecule has 0 bridgehead atoms. The van der Waals surface area contributed by atoms with Gasteiger partial charge in [0.25, 0.3) is 0 Å². The fourth-order valence-electron chi connectivity index (χ4n) is 4.80. The summed E-state index contributed by atoms with van der Waals surface area (Å²) in [5.74, 6) is -1.58. The van der Waals surface area contributed by atoms with Gasteiger partial charge in [-0.25, -0.2) is 4.79 Å². The number of fused-ring (bicyclic) bond motifs is 3. The number of carbonyl (C=O) groups is 3. The van der Waals surface area contributed by atoms with E-state index in [-0.39, 0.29) is 37.3 Å². The molecule has 4 rings (SSSR count). The predicted molar refractivity (Wildman–Crippen MR) is 128 cm³/mol. The molecular formula is C27H32N2O5. The quantitative estimate of drug-likeness (QED) is 0.486. The Morgan fingerprint density at radius 1 is 1.03 bits per heavy atom. The smallest absolute Gasteiger partial charge is 0.407 e. The number of hydrogen-bond donors (Lipinski definition) is 3. The van der Waals surface area contributed by atoms with Gasteiger partial charge in [0.15, 0.2) is 0 Å². The van der Waals surface area contributed by atoms with Crippen LogP contribution in [0.25, 0.3) is 11.1 Å². The van der Waals surface area contributed by atoms with E-state index in [0.29, 0.717) is 19.3 Å². The SMILES string of the molecule is CC(C)CC(CNC(=O)CC1(NC(=O)OCC2c3ccccc3-c3ccccc32)CC1)C(=O)O. The van der Waals surface area contributed by atoms with Crippen LogP contribution in [0.2, 0.25) is 0 Å². The van der Waals surface area contributed by atoms with Crippen molar-refractivity contribution < 1.29 is 24.2 Å². The predicted octanol–water partition coefficient (Wildman–Crippen LogP) is 4.31. The molecule has 0 spiro atoms. The first kappa shape index (κ1) is 23.8. The molecule has 34 heavy (non-hydrogen) atoms. The summed E-state index contributed by atoms with van der Waals surface area (Å²) in [6.45, 7) is 4.22. The van der Waals surface area contributed by atoms with E-state index in [1.165, 1.54) is 11.1 Å². The summed E-state index contributed by atoms with van der Waals surface area (Å²) in [5.41, 5.74) is 4.01. The molecule has 2 aliphatic rings. The molecule has 2 aromatic rings. The van der Waals surface area contributed by atoms with Crippen LogP contribution in [0.15, 0.2) is 48.5 Å². The zero-order valence-electron chi connectivity index (χ0n) is 19.7. The Morgan fingerprint density at radius 2 is 1.62 bits per heavy atom. The normalized spacial score (nSPS) is 16.3. The van der Waals surface area contributed by atoms with Crippen molar-refractivity contribution in [2.24, 2.45) is 11.8 Å². The van der Waals surface area contributed by atoms with Crippen LogP contribution >= 0.6 is 0 Å². The Bertz CT molecular complexity index is 1030. The lowest BCUT2D eigenvalue weighted by Gasteiger charge is -2.20. The Kier molecular flexibility index (Phi) is 6.91. The standard InChI is InChI=1S/C27H32N2O5/c1-17(2)13-18(25(31)32)15-28-24(30)14-27(11-12-27)29-26(33)34-16-23-21-9-5-3-7-19(21)20-8-4-6-10-22(20)23/h3-10,17-18,23H,11-16H2,1-2H3,(H,28,30)(H,29,33)(H,31,32).